The van der Waals surface area contributed by atoms with Gasteiger partial charge in [-0.25, -0.2) is 0 Å². The van der Waals surface area contributed by atoms with Crippen molar-refractivity contribution >= 4 is 0 Å². The van der Waals surface area contributed by atoms with Crippen molar-refractivity contribution in [3.63, 3.8) is 0 Å². The van der Waals surface area contributed by atoms with Gasteiger partial charge >= 0.3 is 0 Å². The van der Waals surface area contributed by atoms with E-state index in [1.165, 1.54) is 14.2 Å². The normalized spacial score (nSPS) is 34.4. The molecule has 0 aromatic heterocycles. The molecule has 2 fully saturated rings. The van der Waals surface area contributed by atoms with Gasteiger partial charge in [-0.3, -0.25) is 0 Å². The van der Waals surface area contributed by atoms with E-state index in [9.17, 15) is 25.5 Å². The third-order valence-corrected chi connectivity index (χ3v) is 7.22. The summed E-state index contributed by atoms with van der Waals surface area (Å²) in [5.41, 5.74) is 1.77. The van der Waals surface area contributed by atoms with E-state index in [0.717, 1.165) is 11.1 Å². The Morgan fingerprint density at radius 1 is 0.750 bits per heavy atom. The number of phenolic OH excluding ortho intramolecular Hbond substituents is 1. The molecular weight excluding hydrogens is 472 g/mol. The van der Waals surface area contributed by atoms with E-state index in [2.05, 4.69) is 13.8 Å². The second-order valence-electron chi connectivity index (χ2n) is 9.35. The Morgan fingerprint density at radius 3 is 1.92 bits per heavy atom. The highest BCUT2D eigenvalue weighted by Gasteiger charge is 2.45. The van der Waals surface area contributed by atoms with E-state index in [0.29, 0.717) is 11.5 Å². The summed E-state index contributed by atoms with van der Waals surface area (Å²) in [5.74, 6) is 1.38. The van der Waals surface area contributed by atoms with Crippen molar-refractivity contribution in [2.45, 2.75) is 56.8 Å². The first-order valence-electron chi connectivity index (χ1n) is 11.9. The van der Waals surface area contributed by atoms with Gasteiger partial charge in [-0.15, -0.1) is 0 Å². The van der Waals surface area contributed by atoms with Crippen LogP contribution in [0.3, 0.4) is 0 Å². The van der Waals surface area contributed by atoms with E-state index in [1.54, 1.807) is 24.3 Å². The van der Waals surface area contributed by atoms with Crippen molar-refractivity contribution in [2.24, 2.45) is 11.8 Å². The van der Waals surface area contributed by atoms with E-state index in [-0.39, 0.29) is 35.5 Å². The summed E-state index contributed by atoms with van der Waals surface area (Å²) in [6.07, 6.45) is -7.42. The number of aliphatic hydroxyl groups is 4. The van der Waals surface area contributed by atoms with Gasteiger partial charge in [-0.2, -0.15) is 0 Å². The van der Waals surface area contributed by atoms with Crippen molar-refractivity contribution in [1.82, 2.24) is 0 Å². The van der Waals surface area contributed by atoms with E-state index < -0.39 is 37.3 Å². The van der Waals surface area contributed by atoms with Crippen LogP contribution < -0.4 is 14.2 Å². The molecule has 2 aliphatic heterocycles. The minimum absolute atomic E-state index is 0.0659. The largest absolute Gasteiger partial charge is 0.504 e. The van der Waals surface area contributed by atoms with Crippen molar-refractivity contribution < 1.29 is 49.2 Å². The highest BCUT2D eigenvalue weighted by atomic mass is 16.7. The van der Waals surface area contributed by atoms with Crippen LogP contribution in [-0.2, 0) is 9.47 Å². The van der Waals surface area contributed by atoms with E-state index in [4.69, 9.17) is 23.7 Å². The van der Waals surface area contributed by atoms with Crippen molar-refractivity contribution in [2.75, 3.05) is 20.8 Å². The Hall–Kier alpha value is -2.60. The van der Waals surface area contributed by atoms with Gasteiger partial charge < -0.3 is 49.2 Å². The highest BCUT2D eigenvalue weighted by molar-refractivity contribution is 5.45. The summed E-state index contributed by atoms with van der Waals surface area (Å²) in [7, 11) is 2.98. The summed E-state index contributed by atoms with van der Waals surface area (Å²) in [6.45, 7) is 3.67. The van der Waals surface area contributed by atoms with Crippen LogP contribution in [0.5, 0.6) is 23.0 Å². The predicted molar refractivity (Wildman–Crippen MR) is 127 cm³/mol. The zero-order valence-electron chi connectivity index (χ0n) is 20.6. The average Bonchev–Trinajstić information content (AvgIpc) is 3.18. The van der Waals surface area contributed by atoms with Gasteiger partial charge in [-0.05, 0) is 47.2 Å². The number of rotatable bonds is 7. The van der Waals surface area contributed by atoms with Crippen LogP contribution in [0.15, 0.2) is 36.4 Å². The zero-order chi connectivity index (χ0) is 26.1. The number of benzene rings is 2. The number of phenols is 1. The zero-order valence-corrected chi connectivity index (χ0v) is 20.6. The predicted octanol–water partition coefficient (Wildman–Crippen LogP) is 1.67. The Morgan fingerprint density at radius 2 is 1.33 bits per heavy atom. The fourth-order valence-electron chi connectivity index (χ4n) is 4.84. The molecule has 198 valence electrons. The molecule has 4 rings (SSSR count). The van der Waals surface area contributed by atoms with Gasteiger partial charge in [0, 0.05) is 0 Å². The molecule has 9 atom stereocenters. The van der Waals surface area contributed by atoms with Crippen molar-refractivity contribution in [3.8, 4) is 23.0 Å². The number of aliphatic hydroxyl groups excluding tert-OH is 4. The molecule has 0 bridgehead atoms. The van der Waals surface area contributed by atoms with Crippen molar-refractivity contribution in [1.29, 1.82) is 0 Å². The lowest BCUT2D eigenvalue weighted by Gasteiger charge is -2.39. The number of hydrogen-bond acceptors (Lipinski definition) is 10. The Bertz CT molecular complexity index is 1040. The Balaban J connectivity index is 1.55. The summed E-state index contributed by atoms with van der Waals surface area (Å²) >= 11 is 0. The summed E-state index contributed by atoms with van der Waals surface area (Å²) in [6, 6.07) is 10.5. The number of methoxy groups -OCH3 is 2. The molecule has 36 heavy (non-hydrogen) atoms. The molecule has 2 aliphatic rings. The first-order valence-corrected chi connectivity index (χ1v) is 11.9. The topological polar surface area (TPSA) is 147 Å². The van der Waals surface area contributed by atoms with Gasteiger partial charge in [0.05, 0.1) is 33.0 Å². The Labute approximate surface area is 209 Å². The van der Waals surface area contributed by atoms with Crippen LogP contribution in [0.25, 0.3) is 0 Å². The first kappa shape index (κ1) is 26.5. The quantitative estimate of drug-likeness (QED) is 0.376. The van der Waals surface area contributed by atoms with Crippen molar-refractivity contribution in [3.05, 3.63) is 47.5 Å². The number of hydrogen-bond donors (Lipinski definition) is 5. The van der Waals surface area contributed by atoms with Crippen LogP contribution in [0.2, 0.25) is 0 Å². The number of ether oxygens (including phenoxy) is 5. The molecule has 10 nitrogen and oxygen atoms in total. The third-order valence-electron chi connectivity index (χ3n) is 7.22. The molecule has 0 radical (unpaired) electrons. The summed E-state index contributed by atoms with van der Waals surface area (Å²) < 4.78 is 28.5. The summed E-state index contributed by atoms with van der Waals surface area (Å²) in [5, 5.41) is 49.7. The van der Waals surface area contributed by atoms with Gasteiger partial charge in [0.2, 0.25) is 6.29 Å². The van der Waals surface area contributed by atoms with Gasteiger partial charge in [-0.1, -0.05) is 26.0 Å². The van der Waals surface area contributed by atoms with Crippen LogP contribution in [0.4, 0.5) is 0 Å². The molecule has 10 heteroatoms. The molecule has 2 aromatic rings. The molecule has 0 amide bonds. The average molecular weight is 507 g/mol. The minimum Gasteiger partial charge on any atom is -0.504 e. The van der Waals surface area contributed by atoms with Crippen LogP contribution in [0, 0.1) is 11.8 Å². The fourth-order valence-corrected chi connectivity index (χ4v) is 4.84. The van der Waals surface area contributed by atoms with Gasteiger partial charge in [0.1, 0.15) is 24.4 Å². The molecule has 2 heterocycles. The second kappa shape index (κ2) is 10.8. The Kier molecular flexibility index (Phi) is 7.93. The second-order valence-corrected chi connectivity index (χ2v) is 9.35. The van der Waals surface area contributed by atoms with Crippen LogP contribution >= 0.6 is 0 Å². The molecule has 2 saturated heterocycles. The van der Waals surface area contributed by atoms with Crippen LogP contribution in [0.1, 0.15) is 37.2 Å². The first-order chi connectivity index (χ1) is 17.2. The molecule has 0 saturated carbocycles. The lowest BCUT2D eigenvalue weighted by Crippen LogP contribution is -2.60. The maximum Gasteiger partial charge on any atom is 0.229 e. The smallest absolute Gasteiger partial charge is 0.229 e. The number of aromatic hydroxyl groups is 1. The van der Waals surface area contributed by atoms with Crippen LogP contribution in [-0.4, -0.2) is 77.1 Å². The standard InChI is InChI=1S/C26H34O10/c1-12-13(2)25(36-24(12)14-5-7-16(28)18(9-14)32-3)15-6-8-17(19(10-15)33-4)34-26-23(31)22(30)21(29)20(11-27)35-26/h5-10,12-13,20-31H,11H2,1-4H3. The lowest BCUT2D eigenvalue weighted by atomic mass is 9.85. The lowest BCUT2D eigenvalue weighted by molar-refractivity contribution is -0.277. The summed E-state index contributed by atoms with van der Waals surface area (Å²) in [4.78, 5) is 0. The SMILES string of the molecule is COc1cc(C2OC(c3ccc(OC4OC(CO)C(O)C(O)C4O)c(OC)c3)C(C)C2C)ccc1O. The molecule has 0 aliphatic carbocycles. The fraction of sp³-hybridized carbons (Fsp3) is 0.538. The highest BCUT2D eigenvalue weighted by Crippen LogP contribution is 2.50. The van der Waals surface area contributed by atoms with Gasteiger partial charge in [0.25, 0.3) is 0 Å². The molecule has 5 N–H and O–H groups in total. The molecule has 0 spiro atoms. The van der Waals surface area contributed by atoms with E-state index in [1.807, 2.05) is 12.1 Å². The minimum atomic E-state index is -1.55. The maximum absolute atomic E-state index is 10.3. The molecule has 9 unspecified atom stereocenters. The third kappa shape index (κ3) is 4.84. The molecule has 2 aromatic carbocycles. The monoisotopic (exact) mass is 506 g/mol. The van der Waals surface area contributed by atoms with Gasteiger partial charge in [0.15, 0.2) is 23.0 Å². The molecular formula is C26H34O10. The maximum atomic E-state index is 10.3. The van der Waals surface area contributed by atoms with E-state index >= 15 is 0 Å².